The Balaban J connectivity index is 2.54. The Hall–Kier alpha value is -1.78. The highest BCUT2D eigenvalue weighted by molar-refractivity contribution is 9.10. The average molecular weight is 542 g/mol. The van der Waals surface area contributed by atoms with Gasteiger partial charge in [0.1, 0.15) is 10.1 Å². The second-order valence-electron chi connectivity index (χ2n) is 11.8. The Kier molecular flexibility index (Phi) is 7.58. The lowest BCUT2D eigenvalue weighted by atomic mass is 9.98. The van der Waals surface area contributed by atoms with Crippen LogP contribution in [0.4, 0.5) is 0 Å². The van der Waals surface area contributed by atoms with Crippen LogP contribution < -0.4 is 0 Å². The number of ether oxygens (including phenoxy) is 1. The van der Waals surface area contributed by atoms with Crippen molar-refractivity contribution in [2.24, 2.45) is 5.41 Å². The van der Waals surface area contributed by atoms with Gasteiger partial charge in [0.25, 0.3) is 5.91 Å². The summed E-state index contributed by atoms with van der Waals surface area (Å²) in [7, 11) is -2.31. The van der Waals surface area contributed by atoms with Crippen molar-refractivity contribution in [2.45, 2.75) is 92.7 Å². The second kappa shape index (κ2) is 9.11. The lowest BCUT2D eigenvalue weighted by molar-refractivity contribution is -0.156. The predicted molar refractivity (Wildman–Crippen MR) is 135 cm³/mol. The molecule has 0 aliphatic heterocycles. The molecule has 0 aliphatic rings. The van der Waals surface area contributed by atoms with Crippen molar-refractivity contribution in [1.29, 1.82) is 0 Å². The SMILES string of the molecule is CC(C)(C)C(=O)OCn1cc(C(=O)N(O[Si](C)(C)C(C)(C)C)C(C)(C)C)c2nc(Br)cnc21. The Bertz CT molecular complexity index is 1050. The zero-order valence-electron chi connectivity index (χ0n) is 21.7. The maximum Gasteiger partial charge on any atom is 0.312 e. The Morgan fingerprint density at radius 1 is 1.09 bits per heavy atom. The number of amides is 1. The monoisotopic (exact) mass is 540 g/mol. The van der Waals surface area contributed by atoms with Crippen molar-refractivity contribution in [1.82, 2.24) is 19.6 Å². The van der Waals surface area contributed by atoms with Gasteiger partial charge < -0.3 is 9.26 Å². The van der Waals surface area contributed by atoms with Gasteiger partial charge in [0, 0.05) is 6.20 Å². The summed E-state index contributed by atoms with van der Waals surface area (Å²) in [5.41, 5.74) is -0.0480. The molecule has 10 heteroatoms. The van der Waals surface area contributed by atoms with Gasteiger partial charge in [-0.25, -0.2) is 15.0 Å². The minimum atomic E-state index is -2.31. The molecule has 0 bridgehead atoms. The van der Waals surface area contributed by atoms with Crippen LogP contribution in [-0.4, -0.2) is 45.3 Å². The molecule has 0 spiro atoms. The van der Waals surface area contributed by atoms with Crippen LogP contribution in [-0.2, 0) is 20.8 Å². The summed E-state index contributed by atoms with van der Waals surface area (Å²) in [4.78, 5) is 35.1. The maximum absolute atomic E-state index is 13.9. The van der Waals surface area contributed by atoms with Crippen LogP contribution in [0, 0.1) is 5.41 Å². The van der Waals surface area contributed by atoms with Crippen molar-refractivity contribution in [2.75, 3.05) is 0 Å². The van der Waals surface area contributed by atoms with Crippen LogP contribution >= 0.6 is 15.9 Å². The molecule has 0 unspecified atom stereocenters. The average Bonchev–Trinajstić information content (AvgIpc) is 2.98. The molecule has 8 nitrogen and oxygen atoms in total. The van der Waals surface area contributed by atoms with Gasteiger partial charge in [-0.2, -0.15) is 0 Å². The first-order chi connectivity index (χ1) is 14.8. The number of aromatic nitrogens is 3. The van der Waals surface area contributed by atoms with Crippen LogP contribution in [0.2, 0.25) is 18.1 Å². The van der Waals surface area contributed by atoms with Crippen molar-refractivity contribution in [3.8, 4) is 0 Å². The highest BCUT2D eigenvalue weighted by Crippen LogP contribution is 2.39. The van der Waals surface area contributed by atoms with Gasteiger partial charge in [-0.3, -0.25) is 14.2 Å². The van der Waals surface area contributed by atoms with Crippen LogP contribution in [0.5, 0.6) is 0 Å². The van der Waals surface area contributed by atoms with E-state index in [4.69, 9.17) is 9.26 Å². The quantitative estimate of drug-likeness (QED) is 0.265. The summed E-state index contributed by atoms with van der Waals surface area (Å²) < 4.78 is 14.1. The van der Waals surface area contributed by atoms with E-state index in [0.29, 0.717) is 21.3 Å². The molecule has 2 rings (SSSR count). The number of esters is 1. The molecule has 0 atom stereocenters. The number of hydroxylamine groups is 2. The molecular formula is C23H37BrN4O4Si. The molecule has 2 aromatic heterocycles. The van der Waals surface area contributed by atoms with E-state index in [-0.39, 0.29) is 23.6 Å². The van der Waals surface area contributed by atoms with E-state index in [2.05, 4.69) is 59.8 Å². The fourth-order valence-electron chi connectivity index (χ4n) is 2.59. The number of rotatable bonds is 5. The Morgan fingerprint density at radius 3 is 2.15 bits per heavy atom. The van der Waals surface area contributed by atoms with E-state index in [1.54, 1.807) is 37.7 Å². The first-order valence-corrected chi connectivity index (χ1v) is 14.7. The fraction of sp³-hybridized carbons (Fsp3) is 0.652. The molecule has 33 heavy (non-hydrogen) atoms. The molecule has 0 aromatic carbocycles. The number of hydrogen-bond acceptors (Lipinski definition) is 6. The number of nitrogens with zero attached hydrogens (tertiary/aromatic N) is 4. The number of carbonyl (C=O) groups is 2. The first-order valence-electron chi connectivity index (χ1n) is 11.0. The normalized spacial score (nSPS) is 13.3. The van der Waals surface area contributed by atoms with Gasteiger partial charge in [0.2, 0.25) is 8.32 Å². The summed E-state index contributed by atoms with van der Waals surface area (Å²) >= 11 is 3.35. The third kappa shape index (κ3) is 6.22. The number of carbonyl (C=O) groups excluding carboxylic acids is 2. The highest BCUT2D eigenvalue weighted by atomic mass is 79.9. The molecule has 0 fully saturated rings. The summed E-state index contributed by atoms with van der Waals surface area (Å²) in [5, 5.41) is 1.38. The van der Waals surface area contributed by atoms with Crippen LogP contribution in [0.1, 0.15) is 72.7 Å². The van der Waals surface area contributed by atoms with Gasteiger partial charge in [-0.1, -0.05) is 20.8 Å². The van der Waals surface area contributed by atoms with Gasteiger partial charge in [-0.05, 0) is 75.6 Å². The van der Waals surface area contributed by atoms with Crippen LogP contribution in [0.3, 0.4) is 0 Å². The molecular weight excluding hydrogens is 504 g/mol. The zero-order chi connectivity index (χ0) is 25.6. The summed E-state index contributed by atoms with van der Waals surface area (Å²) in [5.74, 6) is -0.662. The molecule has 0 aliphatic carbocycles. The lowest BCUT2D eigenvalue weighted by Crippen LogP contribution is -2.54. The van der Waals surface area contributed by atoms with Gasteiger partial charge in [0.05, 0.1) is 22.7 Å². The highest BCUT2D eigenvalue weighted by Gasteiger charge is 2.44. The molecule has 2 aromatic rings. The van der Waals surface area contributed by atoms with E-state index >= 15 is 0 Å². The summed E-state index contributed by atoms with van der Waals surface area (Å²) in [6, 6.07) is 0. The lowest BCUT2D eigenvalue weighted by Gasteiger charge is -2.44. The molecule has 0 N–H and O–H groups in total. The van der Waals surface area contributed by atoms with E-state index in [0.717, 1.165) is 0 Å². The van der Waals surface area contributed by atoms with E-state index in [9.17, 15) is 9.59 Å². The smallest absolute Gasteiger partial charge is 0.312 e. The van der Waals surface area contributed by atoms with E-state index in [1.807, 2.05) is 20.8 Å². The molecule has 0 saturated carbocycles. The van der Waals surface area contributed by atoms with Gasteiger partial charge >= 0.3 is 5.97 Å². The standard InChI is InChI=1S/C23H37BrN4O4Si/c1-21(2,3)20(30)31-14-27-13-15(17-18(27)25-12-16(24)26-17)19(29)28(22(4,5)6)32-33(10,11)23(7,8)9/h12-13H,14H2,1-11H3. The van der Waals surface area contributed by atoms with Crippen molar-refractivity contribution >= 4 is 47.3 Å². The molecule has 2 heterocycles. The van der Waals surface area contributed by atoms with E-state index < -0.39 is 19.3 Å². The molecule has 184 valence electrons. The number of hydrogen-bond donors (Lipinski definition) is 0. The molecule has 0 radical (unpaired) electrons. The maximum atomic E-state index is 13.9. The third-order valence-electron chi connectivity index (χ3n) is 5.63. The van der Waals surface area contributed by atoms with Crippen LogP contribution in [0.15, 0.2) is 17.0 Å². The second-order valence-corrected chi connectivity index (χ2v) is 17.3. The van der Waals surface area contributed by atoms with Gasteiger partial charge in [-0.15, -0.1) is 0 Å². The van der Waals surface area contributed by atoms with Crippen molar-refractivity contribution in [3.63, 3.8) is 0 Å². The summed E-state index contributed by atoms with van der Waals surface area (Å²) in [6.45, 7) is 21.7. The fourth-order valence-corrected chi connectivity index (χ4v) is 3.95. The minimum absolute atomic E-state index is 0.0746. The summed E-state index contributed by atoms with van der Waals surface area (Å²) in [6.07, 6.45) is 3.18. The molecule has 0 saturated heterocycles. The van der Waals surface area contributed by atoms with Crippen molar-refractivity contribution in [3.05, 3.63) is 22.6 Å². The minimum Gasteiger partial charge on any atom is -0.443 e. The largest absolute Gasteiger partial charge is 0.443 e. The van der Waals surface area contributed by atoms with E-state index in [1.165, 1.54) is 5.06 Å². The predicted octanol–water partition coefficient (Wildman–Crippen LogP) is 5.92. The zero-order valence-corrected chi connectivity index (χ0v) is 24.2. The Labute approximate surface area is 206 Å². The van der Waals surface area contributed by atoms with Crippen LogP contribution in [0.25, 0.3) is 11.2 Å². The number of fused-ring (bicyclic) bond motifs is 1. The first kappa shape index (κ1) is 27.5. The third-order valence-corrected chi connectivity index (χ3v) is 10.3. The Morgan fingerprint density at radius 2 is 1.67 bits per heavy atom. The van der Waals surface area contributed by atoms with Crippen molar-refractivity contribution < 1.29 is 18.9 Å². The molecule has 1 amide bonds. The van der Waals surface area contributed by atoms with Gasteiger partial charge in [0.15, 0.2) is 12.4 Å². The topological polar surface area (TPSA) is 86.5 Å². The number of halogens is 1.